The summed E-state index contributed by atoms with van der Waals surface area (Å²) in [5.74, 6) is 0.878. The molecule has 1 saturated heterocycles. The van der Waals surface area contributed by atoms with Crippen LogP contribution in [0.5, 0.6) is 0 Å². The molecule has 5 heteroatoms. The highest BCUT2D eigenvalue weighted by Crippen LogP contribution is 2.27. The largest absolute Gasteiger partial charge is 0.461 e. The van der Waals surface area contributed by atoms with Gasteiger partial charge in [-0.05, 0) is 31.9 Å². The number of allylic oxidation sites excluding steroid dienone is 2. The summed E-state index contributed by atoms with van der Waals surface area (Å²) in [4.78, 5) is 16.3. The average molecular weight is 261 g/mol. The van der Waals surface area contributed by atoms with Crippen molar-refractivity contribution in [2.45, 2.75) is 25.9 Å². The minimum Gasteiger partial charge on any atom is -0.461 e. The van der Waals surface area contributed by atoms with Crippen molar-refractivity contribution in [3.05, 3.63) is 35.9 Å². The van der Waals surface area contributed by atoms with Crippen LogP contribution >= 0.6 is 0 Å². The Morgan fingerprint density at radius 2 is 2.26 bits per heavy atom. The molecule has 1 atom stereocenters. The van der Waals surface area contributed by atoms with Crippen LogP contribution in [0.25, 0.3) is 0 Å². The molecule has 0 aromatic rings. The predicted octanol–water partition coefficient (Wildman–Crippen LogP) is 1.13. The summed E-state index contributed by atoms with van der Waals surface area (Å²) in [7, 11) is 0. The molecule has 1 fully saturated rings. The molecule has 3 aliphatic rings. The van der Waals surface area contributed by atoms with Crippen molar-refractivity contribution in [2.75, 3.05) is 19.7 Å². The van der Waals surface area contributed by atoms with E-state index < -0.39 is 0 Å². The van der Waals surface area contributed by atoms with Crippen molar-refractivity contribution >= 4 is 5.97 Å². The van der Waals surface area contributed by atoms with E-state index in [0.717, 1.165) is 18.9 Å². The zero-order valence-electron chi connectivity index (χ0n) is 11.1. The van der Waals surface area contributed by atoms with E-state index in [2.05, 4.69) is 21.2 Å². The van der Waals surface area contributed by atoms with Gasteiger partial charge in [0, 0.05) is 19.3 Å². The third kappa shape index (κ3) is 2.20. The molecule has 0 aromatic carbocycles. The average Bonchev–Trinajstić information content (AvgIpc) is 3.07. The molecular formula is C14H19N3O2. The topological polar surface area (TPSA) is 44.8 Å². The Kier molecular flexibility index (Phi) is 3.19. The molecule has 3 rings (SSSR count). The number of carbonyl (C=O) groups excluding carboxylic acids is 1. The Labute approximate surface area is 113 Å². The van der Waals surface area contributed by atoms with Crippen molar-refractivity contribution in [3.63, 3.8) is 0 Å². The summed E-state index contributed by atoms with van der Waals surface area (Å²) in [6.45, 7) is 4.39. The fourth-order valence-electron chi connectivity index (χ4n) is 2.70. The van der Waals surface area contributed by atoms with Gasteiger partial charge in [0.05, 0.1) is 6.61 Å². The van der Waals surface area contributed by atoms with Crippen LogP contribution in [-0.2, 0) is 9.53 Å². The predicted molar refractivity (Wildman–Crippen MR) is 71.5 cm³/mol. The van der Waals surface area contributed by atoms with Crippen molar-refractivity contribution in [2.24, 2.45) is 0 Å². The molecule has 0 aromatic heterocycles. The fourth-order valence-corrected chi connectivity index (χ4v) is 2.70. The first-order valence-corrected chi connectivity index (χ1v) is 6.87. The van der Waals surface area contributed by atoms with E-state index in [-0.39, 0.29) is 12.1 Å². The van der Waals surface area contributed by atoms with E-state index in [1.165, 1.54) is 12.8 Å². The van der Waals surface area contributed by atoms with Crippen molar-refractivity contribution in [1.29, 1.82) is 0 Å². The molecule has 0 radical (unpaired) electrons. The van der Waals surface area contributed by atoms with Crippen molar-refractivity contribution < 1.29 is 9.53 Å². The van der Waals surface area contributed by atoms with Gasteiger partial charge in [-0.25, -0.2) is 4.79 Å². The minimum atomic E-state index is -0.286. The number of nitrogens with one attached hydrogen (secondary N) is 1. The van der Waals surface area contributed by atoms with Gasteiger partial charge in [0.2, 0.25) is 0 Å². The lowest BCUT2D eigenvalue weighted by molar-refractivity contribution is -0.138. The number of esters is 1. The van der Waals surface area contributed by atoms with Crippen LogP contribution in [0, 0.1) is 0 Å². The van der Waals surface area contributed by atoms with Gasteiger partial charge in [-0.15, -0.1) is 0 Å². The summed E-state index contributed by atoms with van der Waals surface area (Å²) in [6, 6.07) is 0. The molecule has 0 spiro atoms. The molecule has 0 unspecified atom stereocenters. The van der Waals surface area contributed by atoms with Gasteiger partial charge in [-0.2, -0.15) is 0 Å². The Hall–Kier alpha value is -1.91. The van der Waals surface area contributed by atoms with Gasteiger partial charge in [0.15, 0.2) is 0 Å². The van der Waals surface area contributed by atoms with Gasteiger partial charge in [-0.3, -0.25) is 0 Å². The zero-order chi connectivity index (χ0) is 13.2. The Bertz CT molecular complexity index is 461. The number of nitrogens with zero attached hydrogens (tertiary/aromatic N) is 2. The van der Waals surface area contributed by atoms with Crippen molar-refractivity contribution in [1.82, 2.24) is 15.1 Å². The summed E-state index contributed by atoms with van der Waals surface area (Å²) in [6.07, 6.45) is 10.6. The molecule has 3 aliphatic heterocycles. The maximum Gasteiger partial charge on any atom is 0.355 e. The first-order valence-electron chi connectivity index (χ1n) is 6.87. The minimum absolute atomic E-state index is 0.0278. The zero-order valence-corrected chi connectivity index (χ0v) is 11.1. The Balaban J connectivity index is 1.79. The molecule has 19 heavy (non-hydrogen) atoms. The highest BCUT2D eigenvalue weighted by atomic mass is 16.5. The Morgan fingerprint density at radius 1 is 1.47 bits per heavy atom. The maximum absolute atomic E-state index is 11.8. The highest BCUT2D eigenvalue weighted by molar-refractivity contribution is 5.88. The lowest BCUT2D eigenvalue weighted by atomic mass is 10.3. The molecule has 0 amide bonds. The molecule has 0 saturated carbocycles. The van der Waals surface area contributed by atoms with Crippen molar-refractivity contribution in [3.8, 4) is 0 Å². The summed E-state index contributed by atoms with van der Waals surface area (Å²) >= 11 is 0. The van der Waals surface area contributed by atoms with Crippen LogP contribution in [0.4, 0.5) is 0 Å². The smallest absolute Gasteiger partial charge is 0.355 e. The number of likely N-dealkylation sites (tertiary alicyclic amines) is 1. The van der Waals surface area contributed by atoms with Crippen LogP contribution in [0.3, 0.4) is 0 Å². The van der Waals surface area contributed by atoms with Crippen LogP contribution in [0.1, 0.15) is 19.8 Å². The van der Waals surface area contributed by atoms with E-state index in [9.17, 15) is 4.79 Å². The number of hydrogen-bond donors (Lipinski definition) is 1. The van der Waals surface area contributed by atoms with Crippen LogP contribution < -0.4 is 5.32 Å². The van der Waals surface area contributed by atoms with E-state index in [1.807, 2.05) is 25.3 Å². The van der Waals surface area contributed by atoms with Gasteiger partial charge in [0.25, 0.3) is 0 Å². The standard InChI is InChI=1S/C14H19N3O2/c1-2-19-14(18)11-10-17-12(15-11)6-5-7-13(17)16-8-3-4-9-16/h5-7,10,12,15H,2-4,8-9H2,1H3/t12-/m0/s1. The van der Waals surface area contributed by atoms with Crippen LogP contribution in [0.15, 0.2) is 35.9 Å². The number of carbonyl (C=O) groups is 1. The quantitative estimate of drug-likeness (QED) is 0.772. The molecule has 3 heterocycles. The van der Waals surface area contributed by atoms with Gasteiger partial charge >= 0.3 is 5.97 Å². The molecule has 0 bridgehead atoms. The van der Waals surface area contributed by atoms with E-state index >= 15 is 0 Å². The summed E-state index contributed by atoms with van der Waals surface area (Å²) < 4.78 is 5.04. The fraction of sp³-hybridized carbons (Fsp3) is 0.500. The van der Waals surface area contributed by atoms with Gasteiger partial charge in [0.1, 0.15) is 17.7 Å². The highest BCUT2D eigenvalue weighted by Gasteiger charge is 2.32. The normalized spacial score (nSPS) is 24.8. The summed E-state index contributed by atoms with van der Waals surface area (Å²) in [5, 5.41) is 3.19. The molecular weight excluding hydrogens is 242 g/mol. The first-order chi connectivity index (χ1) is 9.29. The first kappa shape index (κ1) is 12.1. The van der Waals surface area contributed by atoms with Crippen LogP contribution in [-0.4, -0.2) is 41.6 Å². The molecule has 0 aliphatic carbocycles. The number of fused-ring (bicyclic) bond motifs is 1. The molecule has 102 valence electrons. The number of ether oxygens (including phenoxy) is 1. The number of hydrogen-bond acceptors (Lipinski definition) is 5. The third-order valence-corrected chi connectivity index (χ3v) is 3.60. The van der Waals surface area contributed by atoms with E-state index in [1.54, 1.807) is 0 Å². The monoisotopic (exact) mass is 261 g/mol. The van der Waals surface area contributed by atoms with Gasteiger partial charge in [-0.1, -0.05) is 6.08 Å². The van der Waals surface area contributed by atoms with Crippen LogP contribution in [0.2, 0.25) is 0 Å². The summed E-state index contributed by atoms with van der Waals surface area (Å²) in [5.41, 5.74) is 0.531. The lowest BCUT2D eigenvalue weighted by Crippen LogP contribution is -2.41. The maximum atomic E-state index is 11.8. The van der Waals surface area contributed by atoms with E-state index in [0.29, 0.717) is 12.3 Å². The SMILES string of the molecule is CCOC(=O)C1=CN2C(N3CCCC3)=CC=C[C@H]2N1. The third-order valence-electron chi connectivity index (χ3n) is 3.60. The number of rotatable bonds is 3. The molecule has 5 nitrogen and oxygen atoms in total. The second-order valence-corrected chi connectivity index (χ2v) is 4.86. The Morgan fingerprint density at radius 3 is 3.00 bits per heavy atom. The second kappa shape index (κ2) is 4.99. The second-order valence-electron chi connectivity index (χ2n) is 4.86. The molecule has 1 N–H and O–H groups in total. The van der Waals surface area contributed by atoms with Gasteiger partial charge < -0.3 is 19.9 Å². The lowest BCUT2D eigenvalue weighted by Gasteiger charge is -2.34. The van der Waals surface area contributed by atoms with E-state index in [4.69, 9.17) is 4.74 Å².